The van der Waals surface area contributed by atoms with Crippen molar-refractivity contribution in [2.75, 3.05) is 11.1 Å². The number of thiazole rings is 1. The van der Waals surface area contributed by atoms with E-state index in [0.29, 0.717) is 28.6 Å². The molecule has 3 heterocycles. The van der Waals surface area contributed by atoms with Crippen LogP contribution in [0.25, 0.3) is 0 Å². The molecule has 1 unspecified atom stereocenters. The van der Waals surface area contributed by atoms with Gasteiger partial charge >= 0.3 is 5.97 Å². The fraction of sp³-hybridized carbons (Fsp3) is 0.385. The van der Waals surface area contributed by atoms with Gasteiger partial charge in [-0.3, -0.25) is 34.4 Å². The predicted molar refractivity (Wildman–Crippen MR) is 151 cm³/mol. The van der Waals surface area contributed by atoms with Gasteiger partial charge in [0.2, 0.25) is 6.41 Å². The Morgan fingerprint density at radius 2 is 1.98 bits per heavy atom. The van der Waals surface area contributed by atoms with Crippen LogP contribution in [0.4, 0.5) is 10.8 Å². The number of rotatable bonds is 10. The topological polar surface area (TPSA) is 173 Å². The number of anilines is 1. The first-order valence-corrected chi connectivity index (χ1v) is 14.9. The third kappa shape index (κ3) is 6.30. The third-order valence-corrected chi connectivity index (χ3v) is 8.85. The summed E-state index contributed by atoms with van der Waals surface area (Å²) in [4.78, 5) is 70.9. The van der Waals surface area contributed by atoms with E-state index in [2.05, 4.69) is 15.6 Å². The van der Waals surface area contributed by atoms with E-state index < -0.39 is 34.1 Å². The van der Waals surface area contributed by atoms with Crippen molar-refractivity contribution in [3.8, 4) is 0 Å². The summed E-state index contributed by atoms with van der Waals surface area (Å²) in [5.41, 5.74) is 1.00. The molecule has 2 atom stereocenters. The van der Waals surface area contributed by atoms with Gasteiger partial charge in [-0.15, -0.1) is 23.1 Å². The van der Waals surface area contributed by atoms with E-state index in [1.165, 1.54) is 52.3 Å². The number of aliphatic imine (C=N–C) groups is 1. The zero-order chi connectivity index (χ0) is 28.9. The molecule has 1 saturated carbocycles. The van der Waals surface area contributed by atoms with Crippen LogP contribution in [0.2, 0.25) is 0 Å². The summed E-state index contributed by atoms with van der Waals surface area (Å²) in [5, 5.41) is 17.6. The van der Waals surface area contributed by atoms with Crippen molar-refractivity contribution >= 4 is 63.8 Å². The first kappa shape index (κ1) is 28.4. The Balaban J connectivity index is 1.25. The Kier molecular flexibility index (Phi) is 8.73. The van der Waals surface area contributed by atoms with Crippen LogP contribution in [0.3, 0.4) is 0 Å². The van der Waals surface area contributed by atoms with E-state index in [9.17, 15) is 29.3 Å². The maximum Gasteiger partial charge on any atom is 0.355 e. The second-order valence-electron chi connectivity index (χ2n) is 9.54. The van der Waals surface area contributed by atoms with Crippen LogP contribution in [-0.2, 0) is 30.5 Å². The molecule has 2 aromatic rings. The Hall–Kier alpha value is -4.11. The lowest BCUT2D eigenvalue weighted by Gasteiger charge is -2.48. The van der Waals surface area contributed by atoms with Crippen LogP contribution >= 0.6 is 23.1 Å². The number of amides is 3. The number of nitrogens with one attached hydrogen (secondary N) is 2. The third-order valence-electron chi connectivity index (χ3n) is 6.89. The fourth-order valence-corrected chi connectivity index (χ4v) is 6.66. The average molecular weight is 599 g/mol. The molecule has 1 aromatic heterocycles. The molecule has 2 aliphatic heterocycles. The number of β-lactam (4-membered cyclic amide) rings is 1. The summed E-state index contributed by atoms with van der Waals surface area (Å²) in [7, 11) is 0. The van der Waals surface area contributed by atoms with Crippen molar-refractivity contribution in [2.45, 2.75) is 56.2 Å². The summed E-state index contributed by atoms with van der Waals surface area (Å²) in [6.07, 6.45) is 6.96. The van der Waals surface area contributed by atoms with Crippen molar-refractivity contribution in [1.82, 2.24) is 15.2 Å². The molecule has 5 rings (SSSR count). The monoisotopic (exact) mass is 598 g/mol. The lowest BCUT2D eigenvalue weighted by atomic mass is 9.96. The molecule has 1 aliphatic carbocycles. The van der Waals surface area contributed by atoms with Crippen molar-refractivity contribution in [3.05, 3.63) is 62.8 Å². The highest BCUT2D eigenvalue weighted by Crippen LogP contribution is 2.38. The van der Waals surface area contributed by atoms with Gasteiger partial charge in [-0.2, -0.15) is 0 Å². The smallest absolute Gasteiger partial charge is 0.355 e. The number of carbonyl (C=O) groups is 4. The summed E-state index contributed by atoms with van der Waals surface area (Å²) in [6.45, 7) is -0.121. The van der Waals surface area contributed by atoms with E-state index in [-0.39, 0.29) is 29.7 Å². The van der Waals surface area contributed by atoms with Crippen LogP contribution < -0.4 is 10.6 Å². The highest BCUT2D eigenvalue weighted by molar-refractivity contribution is 8.00. The molecular weight excluding hydrogens is 572 g/mol. The molecule has 0 bridgehead atoms. The molecule has 214 valence electrons. The number of aromatic nitrogens is 1. The number of benzene rings is 1. The van der Waals surface area contributed by atoms with Gasteiger partial charge in [0.05, 0.1) is 11.0 Å². The normalized spacial score (nSPS) is 20.8. The molecule has 2 fully saturated rings. The Morgan fingerprint density at radius 1 is 1.22 bits per heavy atom. The van der Waals surface area contributed by atoms with E-state index in [1.54, 1.807) is 11.5 Å². The molecule has 1 aromatic carbocycles. The number of nitro benzene ring substituents is 1. The van der Waals surface area contributed by atoms with Gasteiger partial charge in [0.15, 0.2) is 5.13 Å². The Bertz CT molecular complexity index is 1420. The number of hydrogen-bond donors (Lipinski definition) is 2. The maximum atomic E-state index is 13.5. The van der Waals surface area contributed by atoms with Crippen molar-refractivity contribution in [3.63, 3.8) is 0 Å². The van der Waals surface area contributed by atoms with Crippen LogP contribution in [-0.4, -0.2) is 67.9 Å². The zero-order valence-corrected chi connectivity index (χ0v) is 23.3. The van der Waals surface area contributed by atoms with E-state index >= 15 is 0 Å². The minimum absolute atomic E-state index is 0.0358. The highest BCUT2D eigenvalue weighted by atomic mass is 32.2. The summed E-state index contributed by atoms with van der Waals surface area (Å²) in [5.74, 6) is -1.27. The number of esters is 1. The summed E-state index contributed by atoms with van der Waals surface area (Å²) in [6, 6.07) is 4.71. The summed E-state index contributed by atoms with van der Waals surface area (Å²) < 4.78 is 5.36. The molecule has 3 amide bonds. The largest absolute Gasteiger partial charge is 0.456 e. The molecule has 15 heteroatoms. The van der Waals surface area contributed by atoms with Gasteiger partial charge in [0.1, 0.15) is 35.1 Å². The van der Waals surface area contributed by atoms with Crippen molar-refractivity contribution in [1.29, 1.82) is 0 Å². The lowest BCUT2D eigenvalue weighted by molar-refractivity contribution is -0.384. The maximum absolute atomic E-state index is 13.5. The van der Waals surface area contributed by atoms with Gasteiger partial charge in [-0.1, -0.05) is 19.3 Å². The van der Waals surface area contributed by atoms with Gasteiger partial charge < -0.3 is 15.4 Å². The first-order chi connectivity index (χ1) is 19.9. The van der Waals surface area contributed by atoms with Crippen LogP contribution in [0, 0.1) is 10.1 Å². The van der Waals surface area contributed by atoms with Crippen LogP contribution in [0.5, 0.6) is 0 Å². The second-order valence-corrected chi connectivity index (χ2v) is 11.5. The van der Waals surface area contributed by atoms with Gasteiger partial charge in [0.25, 0.3) is 17.5 Å². The minimum Gasteiger partial charge on any atom is -0.456 e. The number of carbonyl (C=O) groups excluding carboxylic acids is 4. The van der Waals surface area contributed by atoms with Gasteiger partial charge in [0, 0.05) is 23.3 Å². The van der Waals surface area contributed by atoms with E-state index in [0.717, 1.165) is 32.1 Å². The average Bonchev–Trinajstić information content (AvgIpc) is 3.45. The van der Waals surface area contributed by atoms with E-state index in [1.807, 2.05) is 0 Å². The number of non-ortho nitro benzene ring substituents is 1. The van der Waals surface area contributed by atoms with Gasteiger partial charge in [-0.25, -0.2) is 9.78 Å². The van der Waals surface area contributed by atoms with Gasteiger partial charge in [-0.05, 0) is 36.6 Å². The van der Waals surface area contributed by atoms with Crippen LogP contribution in [0.1, 0.15) is 43.4 Å². The number of nitro groups is 1. The molecule has 13 nitrogen and oxygen atoms in total. The van der Waals surface area contributed by atoms with E-state index in [4.69, 9.17) is 9.73 Å². The zero-order valence-electron chi connectivity index (χ0n) is 21.7. The minimum atomic E-state index is -0.874. The second kappa shape index (κ2) is 12.6. The number of fused-ring (bicyclic) bond motifs is 1. The molecule has 3 aliphatic rings. The number of hydrogen-bond acceptors (Lipinski definition) is 11. The quantitative estimate of drug-likeness (QED) is 0.104. The van der Waals surface area contributed by atoms with Crippen LogP contribution in [0.15, 0.2) is 46.4 Å². The number of nitrogens with zero attached hydrogens (tertiary/aromatic N) is 4. The predicted octanol–water partition coefficient (Wildman–Crippen LogP) is 2.77. The molecular formula is C26H26N6O7S2. The summed E-state index contributed by atoms with van der Waals surface area (Å²) >= 11 is 2.57. The molecule has 41 heavy (non-hydrogen) atoms. The van der Waals surface area contributed by atoms with Crippen molar-refractivity contribution in [2.24, 2.45) is 4.99 Å². The SMILES string of the molecule is O=CNc1nc(C(=NC2CCCCC2)C(=O)NC2C(=O)N3C(C(=O)OCc4ccc([N+](=O)[O-])cc4)=CCS[C@H]23)cs1. The Labute approximate surface area is 242 Å². The molecule has 0 spiro atoms. The first-order valence-electron chi connectivity index (χ1n) is 13.0. The standard InChI is InChI=1S/C26H26N6O7S2/c33-14-27-26-29-18(13-41-26)20(28-16-4-2-1-3-5-16)22(34)30-21-23(35)31-19(10-11-40-24(21)31)25(36)39-12-15-6-8-17(9-7-15)32(37)38/h6-10,13-14,16,21,24H,1-5,11-12H2,(H,30,34)(H,27,29,33)/t21?,24-/m1/s1. The lowest BCUT2D eigenvalue weighted by Crippen LogP contribution is -2.70. The molecule has 0 radical (unpaired) electrons. The highest BCUT2D eigenvalue weighted by Gasteiger charge is 2.53. The van der Waals surface area contributed by atoms with Crippen molar-refractivity contribution < 1.29 is 28.8 Å². The number of thioether (sulfide) groups is 1. The molecule has 2 N–H and O–H groups in total. The fourth-order valence-electron chi connectivity index (χ4n) is 4.81. The molecule has 1 saturated heterocycles. The Morgan fingerprint density at radius 3 is 2.68 bits per heavy atom. The number of ether oxygens (including phenoxy) is 1.